The zero-order valence-electron chi connectivity index (χ0n) is 12.0. The fraction of sp³-hybridized carbons (Fsp3) is 0.467. The summed E-state index contributed by atoms with van der Waals surface area (Å²) in [6.45, 7) is 4.18. The third-order valence-corrected chi connectivity index (χ3v) is 2.91. The van der Waals surface area contributed by atoms with E-state index >= 15 is 0 Å². The molecule has 0 aliphatic rings. The summed E-state index contributed by atoms with van der Waals surface area (Å²) in [5.74, 6) is -0.476. The Labute approximate surface area is 119 Å². The van der Waals surface area contributed by atoms with Gasteiger partial charge in [-0.25, -0.2) is 0 Å². The van der Waals surface area contributed by atoms with Gasteiger partial charge in [-0.05, 0) is 38.8 Å². The number of hydrogen-bond acceptors (Lipinski definition) is 3. The highest BCUT2D eigenvalue weighted by molar-refractivity contribution is 5.97. The molecule has 1 rings (SSSR count). The quantitative estimate of drug-likeness (QED) is 0.651. The van der Waals surface area contributed by atoms with Crippen molar-refractivity contribution in [1.82, 2.24) is 10.6 Å². The van der Waals surface area contributed by atoms with Crippen molar-refractivity contribution in [3.05, 3.63) is 35.4 Å². The SMILES string of the molecule is Cc1cccc(C(=O)N[C@H](C)C(=O)NCCCCO)c1. The maximum absolute atomic E-state index is 12.0. The maximum atomic E-state index is 12.0. The van der Waals surface area contributed by atoms with Crippen LogP contribution in [0, 0.1) is 6.92 Å². The molecule has 0 aliphatic carbocycles. The first-order chi connectivity index (χ1) is 9.54. The topological polar surface area (TPSA) is 78.4 Å². The third-order valence-electron chi connectivity index (χ3n) is 2.91. The number of aliphatic hydroxyl groups is 1. The molecule has 2 amide bonds. The van der Waals surface area contributed by atoms with E-state index in [0.717, 1.165) is 12.0 Å². The maximum Gasteiger partial charge on any atom is 0.251 e. The van der Waals surface area contributed by atoms with Crippen molar-refractivity contribution in [3.63, 3.8) is 0 Å². The monoisotopic (exact) mass is 278 g/mol. The van der Waals surface area contributed by atoms with Crippen molar-refractivity contribution in [1.29, 1.82) is 0 Å². The molecule has 0 spiro atoms. The smallest absolute Gasteiger partial charge is 0.251 e. The summed E-state index contributed by atoms with van der Waals surface area (Å²) in [6.07, 6.45) is 1.38. The molecule has 20 heavy (non-hydrogen) atoms. The number of aliphatic hydroxyl groups excluding tert-OH is 1. The van der Waals surface area contributed by atoms with Crippen molar-refractivity contribution in [2.75, 3.05) is 13.2 Å². The highest BCUT2D eigenvalue weighted by Crippen LogP contribution is 2.04. The van der Waals surface area contributed by atoms with Crippen molar-refractivity contribution in [2.24, 2.45) is 0 Å². The zero-order valence-corrected chi connectivity index (χ0v) is 12.0. The van der Waals surface area contributed by atoms with Crippen LogP contribution in [-0.4, -0.2) is 36.1 Å². The van der Waals surface area contributed by atoms with Gasteiger partial charge in [-0.15, -0.1) is 0 Å². The molecule has 110 valence electrons. The normalized spacial score (nSPS) is 11.8. The van der Waals surface area contributed by atoms with E-state index in [-0.39, 0.29) is 18.4 Å². The molecule has 5 heteroatoms. The number of aryl methyl sites for hydroxylation is 1. The third kappa shape index (κ3) is 5.40. The predicted octanol–water partition coefficient (Wildman–Crippen LogP) is 1.00. The van der Waals surface area contributed by atoms with Crippen LogP contribution in [0.1, 0.15) is 35.7 Å². The summed E-state index contributed by atoms with van der Waals surface area (Å²) < 4.78 is 0. The largest absolute Gasteiger partial charge is 0.396 e. The number of benzene rings is 1. The van der Waals surface area contributed by atoms with E-state index in [4.69, 9.17) is 5.11 Å². The summed E-state index contributed by atoms with van der Waals surface area (Å²) in [5, 5.41) is 14.0. The molecule has 5 nitrogen and oxygen atoms in total. The van der Waals surface area contributed by atoms with Crippen LogP contribution in [0.4, 0.5) is 0 Å². The Kier molecular flexibility index (Phi) is 6.73. The number of rotatable bonds is 7. The minimum absolute atomic E-state index is 0.121. The Balaban J connectivity index is 2.43. The molecule has 1 aromatic rings. The van der Waals surface area contributed by atoms with E-state index in [2.05, 4.69) is 10.6 Å². The number of carbonyl (C=O) groups excluding carboxylic acids is 2. The van der Waals surface area contributed by atoms with Crippen LogP contribution in [0.5, 0.6) is 0 Å². The second kappa shape index (κ2) is 8.32. The second-order valence-electron chi connectivity index (χ2n) is 4.79. The molecule has 0 radical (unpaired) electrons. The van der Waals surface area contributed by atoms with Gasteiger partial charge in [-0.1, -0.05) is 17.7 Å². The van der Waals surface area contributed by atoms with E-state index in [1.807, 2.05) is 19.1 Å². The average molecular weight is 278 g/mol. The summed E-state index contributed by atoms with van der Waals surface area (Å²) in [7, 11) is 0. The number of nitrogens with one attached hydrogen (secondary N) is 2. The lowest BCUT2D eigenvalue weighted by Gasteiger charge is -2.14. The second-order valence-corrected chi connectivity index (χ2v) is 4.79. The van der Waals surface area contributed by atoms with Gasteiger partial charge in [0.1, 0.15) is 6.04 Å². The van der Waals surface area contributed by atoms with Crippen molar-refractivity contribution < 1.29 is 14.7 Å². The van der Waals surface area contributed by atoms with Gasteiger partial charge < -0.3 is 15.7 Å². The molecular weight excluding hydrogens is 256 g/mol. The number of hydrogen-bond donors (Lipinski definition) is 3. The fourth-order valence-corrected chi connectivity index (χ4v) is 1.73. The molecular formula is C15H22N2O3. The van der Waals surface area contributed by atoms with E-state index < -0.39 is 6.04 Å². The Morgan fingerprint density at radius 3 is 2.70 bits per heavy atom. The molecule has 0 bridgehead atoms. The average Bonchev–Trinajstić information content (AvgIpc) is 2.43. The van der Waals surface area contributed by atoms with Gasteiger partial charge in [0.25, 0.3) is 5.91 Å². The highest BCUT2D eigenvalue weighted by atomic mass is 16.3. The van der Waals surface area contributed by atoms with Crippen molar-refractivity contribution in [2.45, 2.75) is 32.7 Å². The van der Waals surface area contributed by atoms with Crippen LogP contribution < -0.4 is 10.6 Å². The van der Waals surface area contributed by atoms with Crippen LogP contribution >= 0.6 is 0 Å². The first-order valence-corrected chi connectivity index (χ1v) is 6.80. The van der Waals surface area contributed by atoms with Crippen LogP contribution in [0.25, 0.3) is 0 Å². The van der Waals surface area contributed by atoms with Gasteiger partial charge in [0.05, 0.1) is 0 Å². The summed E-state index contributed by atoms with van der Waals surface area (Å²) >= 11 is 0. The van der Waals surface area contributed by atoms with Gasteiger partial charge in [-0.2, -0.15) is 0 Å². The number of amides is 2. The molecule has 0 aromatic heterocycles. The van der Waals surface area contributed by atoms with Gasteiger partial charge in [0, 0.05) is 18.7 Å². The first kappa shape index (κ1) is 16.2. The van der Waals surface area contributed by atoms with Crippen LogP contribution in [0.3, 0.4) is 0 Å². The van der Waals surface area contributed by atoms with Crippen molar-refractivity contribution in [3.8, 4) is 0 Å². The molecule has 0 saturated carbocycles. The lowest BCUT2D eigenvalue weighted by atomic mass is 10.1. The molecule has 3 N–H and O–H groups in total. The van der Waals surface area contributed by atoms with Gasteiger partial charge in [0.2, 0.25) is 5.91 Å². The van der Waals surface area contributed by atoms with Crippen LogP contribution in [0.2, 0.25) is 0 Å². The number of unbranched alkanes of at least 4 members (excludes halogenated alkanes) is 1. The fourth-order valence-electron chi connectivity index (χ4n) is 1.73. The van der Waals surface area contributed by atoms with E-state index in [1.165, 1.54) is 0 Å². The Morgan fingerprint density at radius 2 is 2.05 bits per heavy atom. The van der Waals surface area contributed by atoms with E-state index in [1.54, 1.807) is 19.1 Å². The summed E-state index contributed by atoms with van der Waals surface area (Å²) in [4.78, 5) is 23.7. The molecule has 1 aromatic carbocycles. The Hall–Kier alpha value is -1.88. The van der Waals surface area contributed by atoms with Gasteiger partial charge in [0.15, 0.2) is 0 Å². The molecule has 0 aliphatic heterocycles. The number of carbonyl (C=O) groups is 2. The molecule has 1 atom stereocenters. The minimum atomic E-state index is -0.586. The lowest BCUT2D eigenvalue weighted by molar-refractivity contribution is -0.122. The first-order valence-electron chi connectivity index (χ1n) is 6.80. The van der Waals surface area contributed by atoms with Crippen molar-refractivity contribution >= 4 is 11.8 Å². The zero-order chi connectivity index (χ0) is 15.0. The van der Waals surface area contributed by atoms with Gasteiger partial charge in [-0.3, -0.25) is 9.59 Å². The highest BCUT2D eigenvalue weighted by Gasteiger charge is 2.15. The van der Waals surface area contributed by atoms with E-state index in [0.29, 0.717) is 18.5 Å². The molecule has 0 heterocycles. The van der Waals surface area contributed by atoms with E-state index in [9.17, 15) is 9.59 Å². The van der Waals surface area contributed by atoms with Crippen LogP contribution in [-0.2, 0) is 4.79 Å². The minimum Gasteiger partial charge on any atom is -0.396 e. The predicted molar refractivity (Wildman–Crippen MR) is 77.4 cm³/mol. The standard InChI is InChI=1S/C15H22N2O3/c1-11-6-5-7-13(10-11)15(20)17-12(2)14(19)16-8-3-4-9-18/h5-7,10,12,18H,3-4,8-9H2,1-2H3,(H,16,19)(H,17,20)/t12-/m1/s1. The Morgan fingerprint density at radius 1 is 1.30 bits per heavy atom. The summed E-state index contributed by atoms with van der Waals surface area (Å²) in [5.41, 5.74) is 1.55. The molecule has 0 saturated heterocycles. The molecule has 0 unspecified atom stereocenters. The molecule has 0 fully saturated rings. The van der Waals surface area contributed by atoms with Gasteiger partial charge >= 0.3 is 0 Å². The summed E-state index contributed by atoms with van der Waals surface area (Å²) in [6, 6.07) is 6.63. The lowest BCUT2D eigenvalue weighted by Crippen LogP contribution is -2.45. The van der Waals surface area contributed by atoms with Crippen LogP contribution in [0.15, 0.2) is 24.3 Å². The Bertz CT molecular complexity index is 460.